The van der Waals surface area contributed by atoms with Crippen molar-refractivity contribution < 1.29 is 4.79 Å². The topological polar surface area (TPSA) is 42.9 Å². The average Bonchev–Trinajstić information content (AvgIpc) is 2.47. The largest absolute Gasteiger partial charge is 0.294 e. The number of Topliss-reactive ketones (excluding diaryl/α,β-unsaturated/α-hetero) is 1. The quantitative estimate of drug-likeness (QED) is 0.857. The molecule has 0 unspecified atom stereocenters. The first-order valence-electron chi connectivity index (χ1n) is 7.62. The molecule has 1 aliphatic rings. The van der Waals surface area contributed by atoms with E-state index in [4.69, 9.17) is 0 Å². The number of hydrogen-bond donors (Lipinski definition) is 0. The summed E-state index contributed by atoms with van der Waals surface area (Å²) in [5.41, 5.74) is 3.97. The number of hydrogen-bond acceptors (Lipinski definition) is 3. The second-order valence-corrected chi connectivity index (χ2v) is 6.13. The van der Waals surface area contributed by atoms with Gasteiger partial charge in [-0.05, 0) is 30.7 Å². The first-order chi connectivity index (χ1) is 10.1. The van der Waals surface area contributed by atoms with Gasteiger partial charge in [0.25, 0.3) is 0 Å². The van der Waals surface area contributed by atoms with E-state index >= 15 is 0 Å². The summed E-state index contributed by atoms with van der Waals surface area (Å²) in [7, 11) is 0. The third-order valence-corrected chi connectivity index (χ3v) is 3.84. The molecule has 1 aromatic heterocycles. The van der Waals surface area contributed by atoms with E-state index in [1.165, 1.54) is 5.56 Å². The van der Waals surface area contributed by atoms with Crippen molar-refractivity contribution in [3.05, 3.63) is 47.3 Å². The van der Waals surface area contributed by atoms with Gasteiger partial charge < -0.3 is 0 Å². The van der Waals surface area contributed by atoms with Crippen LogP contribution in [0.5, 0.6) is 0 Å². The molecule has 0 bridgehead atoms. The van der Waals surface area contributed by atoms with Crippen molar-refractivity contribution in [3.63, 3.8) is 0 Å². The number of carbonyl (C=O) groups is 1. The highest BCUT2D eigenvalue weighted by molar-refractivity contribution is 5.97. The van der Waals surface area contributed by atoms with Gasteiger partial charge in [0.15, 0.2) is 11.6 Å². The molecule has 108 valence electrons. The minimum Gasteiger partial charge on any atom is -0.294 e. The van der Waals surface area contributed by atoms with Crippen LogP contribution in [0.1, 0.15) is 48.3 Å². The zero-order valence-electron chi connectivity index (χ0n) is 12.6. The highest BCUT2D eigenvalue weighted by atomic mass is 16.1. The smallest absolute Gasteiger partial charge is 0.166 e. The maximum atomic E-state index is 11.8. The van der Waals surface area contributed by atoms with Gasteiger partial charge >= 0.3 is 0 Å². The minimum atomic E-state index is 0.176. The summed E-state index contributed by atoms with van der Waals surface area (Å²) < 4.78 is 0. The Labute approximate surface area is 125 Å². The monoisotopic (exact) mass is 280 g/mol. The fourth-order valence-corrected chi connectivity index (χ4v) is 2.79. The second kappa shape index (κ2) is 5.76. The van der Waals surface area contributed by atoms with Gasteiger partial charge in [-0.1, -0.05) is 38.1 Å². The number of aromatic nitrogens is 2. The molecule has 0 saturated heterocycles. The van der Waals surface area contributed by atoms with Crippen molar-refractivity contribution in [2.45, 2.75) is 39.5 Å². The van der Waals surface area contributed by atoms with Gasteiger partial charge in [-0.2, -0.15) is 0 Å². The van der Waals surface area contributed by atoms with E-state index in [1.807, 2.05) is 0 Å². The van der Waals surface area contributed by atoms with Gasteiger partial charge in [0.1, 0.15) is 0 Å². The lowest BCUT2D eigenvalue weighted by molar-refractivity contribution is 0.0971. The first kappa shape index (κ1) is 13.9. The van der Waals surface area contributed by atoms with Crippen LogP contribution in [-0.2, 0) is 12.8 Å². The Kier molecular flexibility index (Phi) is 3.82. The third kappa shape index (κ3) is 3.02. The lowest BCUT2D eigenvalue weighted by Gasteiger charge is -2.14. The highest BCUT2D eigenvalue weighted by Gasteiger charge is 2.19. The Balaban J connectivity index is 1.88. The molecule has 0 saturated carbocycles. The molecule has 2 aromatic rings. The van der Waals surface area contributed by atoms with E-state index in [0.29, 0.717) is 17.9 Å². The summed E-state index contributed by atoms with van der Waals surface area (Å²) in [6.45, 7) is 4.44. The van der Waals surface area contributed by atoms with E-state index in [1.54, 1.807) is 6.20 Å². The van der Waals surface area contributed by atoms with Gasteiger partial charge in [0.2, 0.25) is 0 Å². The number of benzene rings is 1. The van der Waals surface area contributed by atoms with Crippen molar-refractivity contribution in [1.29, 1.82) is 0 Å². The summed E-state index contributed by atoms with van der Waals surface area (Å²) in [6, 6.07) is 8.43. The maximum Gasteiger partial charge on any atom is 0.166 e. The molecular weight excluding hydrogens is 260 g/mol. The summed E-state index contributed by atoms with van der Waals surface area (Å²) in [5, 5.41) is 0. The molecule has 3 heteroatoms. The van der Waals surface area contributed by atoms with E-state index < -0.39 is 0 Å². The number of fused-ring (bicyclic) bond motifs is 1. The van der Waals surface area contributed by atoms with Crippen LogP contribution in [0.2, 0.25) is 0 Å². The SMILES string of the molecule is CC(C)Cc1ccc(-c2ncc3c(n2)CCCC3=O)cc1. The number of carbonyl (C=O) groups excluding carboxylic acids is 1. The van der Waals surface area contributed by atoms with E-state index in [-0.39, 0.29) is 5.78 Å². The van der Waals surface area contributed by atoms with E-state index in [9.17, 15) is 4.79 Å². The lowest BCUT2D eigenvalue weighted by Crippen LogP contribution is -2.13. The third-order valence-electron chi connectivity index (χ3n) is 3.84. The number of aryl methyl sites for hydroxylation is 1. The Morgan fingerprint density at radius 1 is 1.14 bits per heavy atom. The second-order valence-electron chi connectivity index (χ2n) is 6.13. The standard InChI is InChI=1S/C18H20N2O/c1-12(2)10-13-6-8-14(9-7-13)18-19-11-15-16(20-18)4-3-5-17(15)21/h6-9,11-12H,3-5,10H2,1-2H3. The van der Waals surface area contributed by atoms with Gasteiger partial charge in [0, 0.05) is 18.2 Å². The Hall–Kier alpha value is -2.03. The molecule has 0 spiro atoms. The van der Waals surface area contributed by atoms with Gasteiger partial charge in [-0.15, -0.1) is 0 Å². The fourth-order valence-electron chi connectivity index (χ4n) is 2.79. The highest BCUT2D eigenvalue weighted by Crippen LogP contribution is 2.23. The first-order valence-corrected chi connectivity index (χ1v) is 7.62. The molecule has 1 aromatic carbocycles. The summed E-state index contributed by atoms with van der Waals surface area (Å²) in [5.74, 6) is 1.55. The summed E-state index contributed by atoms with van der Waals surface area (Å²) >= 11 is 0. The number of nitrogens with zero attached hydrogens (tertiary/aromatic N) is 2. The zero-order valence-corrected chi connectivity index (χ0v) is 12.6. The molecule has 3 rings (SSSR count). The summed E-state index contributed by atoms with van der Waals surface area (Å²) in [6.07, 6.45) is 5.18. The van der Waals surface area contributed by atoms with Crippen molar-refractivity contribution in [1.82, 2.24) is 9.97 Å². The van der Waals surface area contributed by atoms with Crippen LogP contribution in [-0.4, -0.2) is 15.8 Å². The predicted molar refractivity (Wildman–Crippen MR) is 83.3 cm³/mol. The predicted octanol–water partition coefficient (Wildman–Crippen LogP) is 3.86. The van der Waals surface area contributed by atoms with E-state index in [0.717, 1.165) is 36.3 Å². The minimum absolute atomic E-state index is 0.176. The fraction of sp³-hybridized carbons (Fsp3) is 0.389. The van der Waals surface area contributed by atoms with Crippen molar-refractivity contribution >= 4 is 5.78 Å². The van der Waals surface area contributed by atoms with Crippen LogP contribution in [0.15, 0.2) is 30.5 Å². The Bertz CT molecular complexity index is 659. The van der Waals surface area contributed by atoms with Crippen molar-refractivity contribution in [3.8, 4) is 11.4 Å². The van der Waals surface area contributed by atoms with Crippen LogP contribution < -0.4 is 0 Å². The zero-order chi connectivity index (χ0) is 14.8. The van der Waals surface area contributed by atoms with Gasteiger partial charge in [-0.25, -0.2) is 9.97 Å². The molecule has 3 nitrogen and oxygen atoms in total. The lowest BCUT2D eigenvalue weighted by atomic mass is 9.96. The molecule has 1 heterocycles. The summed E-state index contributed by atoms with van der Waals surface area (Å²) in [4.78, 5) is 20.8. The Morgan fingerprint density at radius 2 is 1.90 bits per heavy atom. The molecule has 0 N–H and O–H groups in total. The van der Waals surface area contributed by atoms with Crippen molar-refractivity contribution in [2.75, 3.05) is 0 Å². The van der Waals surface area contributed by atoms with Crippen LogP contribution in [0.4, 0.5) is 0 Å². The average molecular weight is 280 g/mol. The molecule has 21 heavy (non-hydrogen) atoms. The normalized spacial score (nSPS) is 14.3. The molecular formula is C18H20N2O. The van der Waals surface area contributed by atoms with Crippen LogP contribution in [0, 0.1) is 5.92 Å². The Morgan fingerprint density at radius 3 is 2.62 bits per heavy atom. The molecule has 0 atom stereocenters. The van der Waals surface area contributed by atoms with Crippen LogP contribution >= 0.6 is 0 Å². The molecule has 0 aliphatic heterocycles. The van der Waals surface area contributed by atoms with Crippen LogP contribution in [0.25, 0.3) is 11.4 Å². The van der Waals surface area contributed by atoms with E-state index in [2.05, 4.69) is 48.1 Å². The maximum absolute atomic E-state index is 11.8. The molecule has 0 amide bonds. The molecule has 0 fully saturated rings. The van der Waals surface area contributed by atoms with Gasteiger partial charge in [0.05, 0.1) is 11.3 Å². The number of rotatable bonds is 3. The molecule has 1 aliphatic carbocycles. The molecule has 0 radical (unpaired) electrons. The number of ketones is 1. The van der Waals surface area contributed by atoms with Crippen molar-refractivity contribution in [2.24, 2.45) is 5.92 Å². The van der Waals surface area contributed by atoms with Gasteiger partial charge in [-0.3, -0.25) is 4.79 Å². The van der Waals surface area contributed by atoms with Crippen LogP contribution in [0.3, 0.4) is 0 Å².